The average Bonchev–Trinajstić information content (AvgIpc) is 2.49. The lowest BCUT2D eigenvalue weighted by Gasteiger charge is -2.28. The Labute approximate surface area is 153 Å². The molecular formula is C17H22Cl2FN3O. The molecule has 1 amide bonds. The summed E-state index contributed by atoms with van der Waals surface area (Å²) in [6, 6.07) is 13.2. The van der Waals surface area contributed by atoms with Gasteiger partial charge in [-0.2, -0.15) is 0 Å². The molecule has 0 bridgehead atoms. The van der Waals surface area contributed by atoms with Crippen molar-refractivity contribution < 1.29 is 9.18 Å². The van der Waals surface area contributed by atoms with Gasteiger partial charge >= 0.3 is 0 Å². The van der Waals surface area contributed by atoms with Crippen molar-refractivity contribution in [3.8, 4) is 0 Å². The van der Waals surface area contributed by atoms with Crippen molar-refractivity contribution in [2.45, 2.75) is 24.9 Å². The number of carbonyl (C=O) groups excluding carboxylic acids is 1. The zero-order valence-electron chi connectivity index (χ0n) is 13.2. The highest BCUT2D eigenvalue weighted by molar-refractivity contribution is 5.86. The lowest BCUT2D eigenvalue weighted by atomic mass is 9.87. The molecule has 132 valence electrons. The summed E-state index contributed by atoms with van der Waals surface area (Å²) >= 11 is 0. The monoisotopic (exact) mass is 373 g/mol. The molecule has 0 saturated heterocycles. The summed E-state index contributed by atoms with van der Waals surface area (Å²) in [6.45, 7) is 1.52. The van der Waals surface area contributed by atoms with Gasteiger partial charge in [-0.3, -0.25) is 4.79 Å². The van der Waals surface area contributed by atoms with Gasteiger partial charge in [0.2, 0.25) is 5.91 Å². The van der Waals surface area contributed by atoms with Gasteiger partial charge in [0.05, 0.1) is 6.04 Å². The van der Waals surface area contributed by atoms with Crippen molar-refractivity contribution in [3.63, 3.8) is 0 Å². The van der Waals surface area contributed by atoms with Crippen LogP contribution in [-0.2, 0) is 11.2 Å². The number of halogens is 3. The van der Waals surface area contributed by atoms with Gasteiger partial charge in [0.25, 0.3) is 0 Å². The minimum absolute atomic E-state index is 0. The fraction of sp³-hybridized carbons (Fsp3) is 0.235. The van der Waals surface area contributed by atoms with Crippen molar-refractivity contribution in [2.24, 2.45) is 17.2 Å². The summed E-state index contributed by atoms with van der Waals surface area (Å²) in [5.74, 6) is -0.894. The molecule has 2 unspecified atom stereocenters. The Balaban J connectivity index is 0.00000264. The van der Waals surface area contributed by atoms with E-state index in [2.05, 4.69) is 0 Å². The normalized spacial score (nSPS) is 13.8. The summed E-state index contributed by atoms with van der Waals surface area (Å²) < 4.78 is 12.9. The first-order valence-corrected chi connectivity index (χ1v) is 6.98. The second-order valence-corrected chi connectivity index (χ2v) is 5.67. The number of amides is 1. The average molecular weight is 374 g/mol. The summed E-state index contributed by atoms with van der Waals surface area (Å²) in [5.41, 5.74) is 18.7. The van der Waals surface area contributed by atoms with Crippen molar-refractivity contribution in [1.82, 2.24) is 0 Å². The Morgan fingerprint density at radius 2 is 1.46 bits per heavy atom. The summed E-state index contributed by atoms with van der Waals surface area (Å²) in [5, 5.41) is 0. The lowest BCUT2D eigenvalue weighted by Crippen LogP contribution is -2.56. The van der Waals surface area contributed by atoms with Crippen LogP contribution in [0.25, 0.3) is 0 Å². The van der Waals surface area contributed by atoms with E-state index in [1.165, 1.54) is 19.1 Å². The van der Waals surface area contributed by atoms with E-state index in [0.717, 1.165) is 16.7 Å². The van der Waals surface area contributed by atoms with Gasteiger partial charge in [0, 0.05) is 0 Å². The maximum atomic E-state index is 12.9. The van der Waals surface area contributed by atoms with Crippen LogP contribution in [0.3, 0.4) is 0 Å². The van der Waals surface area contributed by atoms with Gasteiger partial charge < -0.3 is 17.2 Å². The zero-order valence-corrected chi connectivity index (χ0v) is 14.9. The molecule has 0 spiro atoms. The Bertz CT molecular complexity index is 661. The molecule has 0 aliphatic heterocycles. The van der Waals surface area contributed by atoms with E-state index in [-0.39, 0.29) is 30.6 Å². The van der Waals surface area contributed by atoms with Crippen LogP contribution in [0, 0.1) is 5.82 Å². The molecule has 6 N–H and O–H groups in total. The SMILES string of the molecule is CC(N)(C(N)=O)C(N)c1ccc(Cc2ccc(F)cc2)cc1.Cl.Cl. The van der Waals surface area contributed by atoms with E-state index in [1.807, 2.05) is 24.3 Å². The fourth-order valence-electron chi connectivity index (χ4n) is 2.18. The van der Waals surface area contributed by atoms with Crippen molar-refractivity contribution in [1.29, 1.82) is 0 Å². The maximum absolute atomic E-state index is 12.9. The van der Waals surface area contributed by atoms with E-state index in [1.54, 1.807) is 12.1 Å². The minimum atomic E-state index is -1.31. The van der Waals surface area contributed by atoms with E-state index >= 15 is 0 Å². The van der Waals surface area contributed by atoms with Crippen molar-refractivity contribution in [3.05, 3.63) is 71.0 Å². The Morgan fingerprint density at radius 1 is 1.04 bits per heavy atom. The number of benzene rings is 2. The number of primary amides is 1. The molecule has 0 aliphatic rings. The predicted molar refractivity (Wildman–Crippen MR) is 98.9 cm³/mol. The third-order valence-electron chi connectivity index (χ3n) is 3.84. The molecule has 0 saturated carbocycles. The van der Waals surface area contributed by atoms with E-state index in [4.69, 9.17) is 17.2 Å². The number of carbonyl (C=O) groups is 1. The standard InChI is InChI=1S/C17H20FN3O.2ClH/c1-17(21,16(20)22)15(19)13-6-2-11(3-7-13)10-12-4-8-14(18)9-5-12;;/h2-9,15H,10,19,21H2,1H3,(H2,20,22);2*1H. The molecule has 4 nitrogen and oxygen atoms in total. The second-order valence-electron chi connectivity index (χ2n) is 5.67. The summed E-state index contributed by atoms with van der Waals surface area (Å²) in [6.07, 6.45) is 0.686. The number of hydrogen-bond acceptors (Lipinski definition) is 3. The van der Waals surface area contributed by atoms with Crippen LogP contribution in [0.5, 0.6) is 0 Å². The van der Waals surface area contributed by atoms with Gasteiger partial charge in [0.1, 0.15) is 11.4 Å². The van der Waals surface area contributed by atoms with Crippen LogP contribution in [0.1, 0.15) is 29.7 Å². The highest BCUT2D eigenvalue weighted by atomic mass is 35.5. The highest BCUT2D eigenvalue weighted by Crippen LogP contribution is 2.22. The molecule has 0 aromatic heterocycles. The molecule has 2 rings (SSSR count). The van der Waals surface area contributed by atoms with E-state index < -0.39 is 17.5 Å². The van der Waals surface area contributed by atoms with Gasteiger partial charge in [-0.15, -0.1) is 24.8 Å². The Kier molecular flexibility index (Phi) is 8.37. The topological polar surface area (TPSA) is 95.1 Å². The van der Waals surface area contributed by atoms with Gasteiger partial charge in [-0.05, 0) is 42.2 Å². The molecule has 0 aliphatic carbocycles. The number of hydrogen-bond donors (Lipinski definition) is 3. The van der Waals surface area contributed by atoms with Crippen LogP contribution in [0.15, 0.2) is 48.5 Å². The first kappa shape index (κ1) is 22.3. The van der Waals surface area contributed by atoms with Crippen LogP contribution < -0.4 is 17.2 Å². The van der Waals surface area contributed by atoms with Gasteiger partial charge in [-0.25, -0.2) is 4.39 Å². The van der Waals surface area contributed by atoms with E-state index in [0.29, 0.717) is 6.42 Å². The largest absolute Gasteiger partial charge is 0.368 e. The third-order valence-corrected chi connectivity index (χ3v) is 3.84. The molecule has 2 atom stereocenters. The molecule has 2 aromatic carbocycles. The Hall–Kier alpha value is -1.66. The van der Waals surface area contributed by atoms with Crippen LogP contribution in [0.2, 0.25) is 0 Å². The van der Waals surface area contributed by atoms with Crippen molar-refractivity contribution in [2.75, 3.05) is 0 Å². The molecular weight excluding hydrogens is 352 g/mol. The fourth-order valence-corrected chi connectivity index (χ4v) is 2.18. The minimum Gasteiger partial charge on any atom is -0.368 e. The van der Waals surface area contributed by atoms with Gasteiger partial charge in [0.15, 0.2) is 0 Å². The molecule has 7 heteroatoms. The Morgan fingerprint density at radius 3 is 1.88 bits per heavy atom. The molecule has 0 heterocycles. The van der Waals surface area contributed by atoms with E-state index in [9.17, 15) is 9.18 Å². The van der Waals surface area contributed by atoms with Crippen molar-refractivity contribution >= 4 is 30.7 Å². The van der Waals surface area contributed by atoms with Crippen LogP contribution in [-0.4, -0.2) is 11.4 Å². The molecule has 2 aromatic rings. The smallest absolute Gasteiger partial charge is 0.239 e. The van der Waals surface area contributed by atoms with Gasteiger partial charge in [-0.1, -0.05) is 36.4 Å². The van der Waals surface area contributed by atoms with Crippen LogP contribution >= 0.6 is 24.8 Å². The number of nitrogens with two attached hydrogens (primary N) is 3. The third kappa shape index (κ3) is 5.18. The maximum Gasteiger partial charge on any atom is 0.239 e. The van der Waals surface area contributed by atoms with Crippen LogP contribution in [0.4, 0.5) is 4.39 Å². The first-order valence-electron chi connectivity index (χ1n) is 6.98. The summed E-state index contributed by atoms with van der Waals surface area (Å²) in [7, 11) is 0. The molecule has 24 heavy (non-hydrogen) atoms. The number of rotatable bonds is 5. The predicted octanol–water partition coefficient (Wildman–Crippen LogP) is 2.46. The lowest BCUT2D eigenvalue weighted by molar-refractivity contribution is -0.123. The second kappa shape index (κ2) is 8.99. The molecule has 0 fully saturated rings. The quantitative estimate of drug-likeness (QED) is 0.750. The zero-order chi connectivity index (χ0) is 16.3. The summed E-state index contributed by atoms with van der Waals surface area (Å²) in [4.78, 5) is 11.4. The molecule has 0 radical (unpaired) electrons. The highest BCUT2D eigenvalue weighted by Gasteiger charge is 2.34. The first-order chi connectivity index (χ1) is 10.3.